The molecule has 1 rings (SSSR count). The van der Waals surface area contributed by atoms with Gasteiger partial charge in [0, 0.05) is 40.2 Å². The summed E-state index contributed by atoms with van der Waals surface area (Å²) in [5, 5.41) is 5.76. The summed E-state index contributed by atoms with van der Waals surface area (Å²) in [6, 6.07) is 0. The van der Waals surface area contributed by atoms with Crippen LogP contribution in [0.1, 0.15) is 6.42 Å². The number of morpholine rings is 1. The molecule has 1 atom stereocenters. The summed E-state index contributed by atoms with van der Waals surface area (Å²) in [7, 11) is 3.39. The quantitative estimate of drug-likeness (QED) is 0.620. The number of carbonyl (C=O) groups excluding carboxylic acids is 2. The number of hydrogen-bond acceptors (Lipinski definition) is 4. The zero-order valence-corrected chi connectivity index (χ0v) is 9.78. The number of rotatable bonds is 4. The van der Waals surface area contributed by atoms with Crippen LogP contribution in [0.2, 0.25) is 0 Å². The standard InChI is InChI=1S/C10H19N3O3/c1-13(2)9(14)3-4-12-10(15)8-7-11-5-6-16-8/h8,11H,3-7H2,1-2H3,(H,12,15). The van der Waals surface area contributed by atoms with Gasteiger partial charge in [0.05, 0.1) is 6.61 Å². The van der Waals surface area contributed by atoms with Gasteiger partial charge in [0.1, 0.15) is 6.10 Å². The van der Waals surface area contributed by atoms with Crippen molar-refractivity contribution in [1.82, 2.24) is 15.5 Å². The van der Waals surface area contributed by atoms with Gasteiger partial charge in [-0.25, -0.2) is 0 Å². The Morgan fingerprint density at radius 1 is 1.50 bits per heavy atom. The van der Waals surface area contributed by atoms with Gasteiger partial charge in [-0.05, 0) is 0 Å². The van der Waals surface area contributed by atoms with Crippen LogP contribution in [0.15, 0.2) is 0 Å². The molecule has 92 valence electrons. The third-order valence-corrected chi connectivity index (χ3v) is 2.36. The molecule has 1 fully saturated rings. The summed E-state index contributed by atoms with van der Waals surface area (Å²) in [5.41, 5.74) is 0. The molecular formula is C10H19N3O3. The monoisotopic (exact) mass is 229 g/mol. The molecule has 0 radical (unpaired) electrons. The van der Waals surface area contributed by atoms with Crippen LogP contribution < -0.4 is 10.6 Å². The van der Waals surface area contributed by atoms with Crippen molar-refractivity contribution in [2.45, 2.75) is 12.5 Å². The highest BCUT2D eigenvalue weighted by Crippen LogP contribution is 1.96. The largest absolute Gasteiger partial charge is 0.366 e. The Morgan fingerprint density at radius 2 is 2.25 bits per heavy atom. The van der Waals surface area contributed by atoms with Gasteiger partial charge in [-0.15, -0.1) is 0 Å². The molecule has 1 saturated heterocycles. The van der Waals surface area contributed by atoms with Gasteiger partial charge in [0.2, 0.25) is 11.8 Å². The van der Waals surface area contributed by atoms with E-state index in [1.165, 1.54) is 4.90 Å². The fraction of sp³-hybridized carbons (Fsp3) is 0.800. The Balaban J connectivity index is 2.17. The number of nitrogens with one attached hydrogen (secondary N) is 2. The number of hydrogen-bond donors (Lipinski definition) is 2. The molecule has 0 aromatic carbocycles. The number of amides is 2. The molecule has 0 aromatic heterocycles. The van der Waals surface area contributed by atoms with Crippen molar-refractivity contribution in [2.75, 3.05) is 40.3 Å². The van der Waals surface area contributed by atoms with Crippen molar-refractivity contribution in [1.29, 1.82) is 0 Å². The lowest BCUT2D eigenvalue weighted by Crippen LogP contribution is -2.48. The Kier molecular flexibility index (Phi) is 5.21. The zero-order chi connectivity index (χ0) is 12.0. The summed E-state index contributed by atoms with van der Waals surface area (Å²) < 4.78 is 5.27. The van der Waals surface area contributed by atoms with E-state index in [1.54, 1.807) is 14.1 Å². The summed E-state index contributed by atoms with van der Waals surface area (Å²) in [4.78, 5) is 24.3. The average Bonchev–Trinajstić information content (AvgIpc) is 2.29. The minimum absolute atomic E-state index is 0.00277. The van der Waals surface area contributed by atoms with Crippen molar-refractivity contribution >= 4 is 11.8 Å². The third kappa shape index (κ3) is 4.16. The van der Waals surface area contributed by atoms with Crippen molar-refractivity contribution in [3.8, 4) is 0 Å². The summed E-state index contributed by atoms with van der Waals surface area (Å²) >= 11 is 0. The molecule has 2 amide bonds. The van der Waals surface area contributed by atoms with Crippen LogP contribution in [0.3, 0.4) is 0 Å². The molecule has 0 aliphatic carbocycles. The van der Waals surface area contributed by atoms with Crippen molar-refractivity contribution in [2.24, 2.45) is 0 Å². The fourth-order valence-corrected chi connectivity index (χ4v) is 1.36. The smallest absolute Gasteiger partial charge is 0.250 e. The maximum Gasteiger partial charge on any atom is 0.250 e. The molecule has 1 heterocycles. The van der Waals surface area contributed by atoms with Crippen LogP contribution in [0.25, 0.3) is 0 Å². The lowest BCUT2D eigenvalue weighted by Gasteiger charge is -2.22. The molecular weight excluding hydrogens is 210 g/mol. The number of ether oxygens (including phenoxy) is 1. The van der Waals surface area contributed by atoms with Gasteiger partial charge in [-0.3, -0.25) is 9.59 Å². The average molecular weight is 229 g/mol. The molecule has 0 bridgehead atoms. The van der Waals surface area contributed by atoms with E-state index in [2.05, 4.69) is 10.6 Å². The van der Waals surface area contributed by atoms with Gasteiger partial charge in [-0.2, -0.15) is 0 Å². The lowest BCUT2D eigenvalue weighted by atomic mass is 10.3. The first-order chi connectivity index (χ1) is 7.61. The van der Waals surface area contributed by atoms with E-state index in [0.717, 1.165) is 6.54 Å². The first-order valence-electron chi connectivity index (χ1n) is 5.41. The van der Waals surface area contributed by atoms with Gasteiger partial charge in [0.25, 0.3) is 0 Å². The SMILES string of the molecule is CN(C)C(=O)CCNC(=O)C1CNCCO1. The van der Waals surface area contributed by atoms with Gasteiger partial charge in [-0.1, -0.05) is 0 Å². The lowest BCUT2D eigenvalue weighted by molar-refractivity contribution is -0.134. The highest BCUT2D eigenvalue weighted by atomic mass is 16.5. The molecule has 1 aliphatic heterocycles. The van der Waals surface area contributed by atoms with E-state index < -0.39 is 6.10 Å². The molecule has 6 heteroatoms. The highest BCUT2D eigenvalue weighted by molar-refractivity contribution is 5.82. The first-order valence-corrected chi connectivity index (χ1v) is 5.41. The second kappa shape index (κ2) is 6.44. The highest BCUT2D eigenvalue weighted by Gasteiger charge is 2.21. The first kappa shape index (κ1) is 12.9. The van der Waals surface area contributed by atoms with E-state index in [-0.39, 0.29) is 11.8 Å². The maximum atomic E-state index is 11.5. The molecule has 6 nitrogen and oxygen atoms in total. The van der Waals surface area contributed by atoms with Gasteiger partial charge >= 0.3 is 0 Å². The van der Waals surface area contributed by atoms with Crippen LogP contribution >= 0.6 is 0 Å². The zero-order valence-electron chi connectivity index (χ0n) is 9.78. The van der Waals surface area contributed by atoms with Crippen molar-refractivity contribution in [3.63, 3.8) is 0 Å². The molecule has 0 saturated carbocycles. The predicted molar refractivity (Wildman–Crippen MR) is 58.9 cm³/mol. The van der Waals surface area contributed by atoms with Crippen LogP contribution in [0.5, 0.6) is 0 Å². The topological polar surface area (TPSA) is 70.7 Å². The maximum absolute atomic E-state index is 11.5. The Hall–Kier alpha value is -1.14. The normalized spacial score (nSPS) is 20.2. The molecule has 2 N–H and O–H groups in total. The van der Waals surface area contributed by atoms with E-state index in [0.29, 0.717) is 26.1 Å². The van der Waals surface area contributed by atoms with Crippen LogP contribution in [-0.4, -0.2) is 63.2 Å². The predicted octanol–water partition coefficient (Wildman–Crippen LogP) is -1.43. The minimum atomic E-state index is -0.428. The molecule has 0 aromatic rings. The summed E-state index contributed by atoms with van der Waals surface area (Å²) in [6.07, 6.45) is -0.109. The third-order valence-electron chi connectivity index (χ3n) is 2.36. The molecule has 1 aliphatic rings. The van der Waals surface area contributed by atoms with Crippen LogP contribution in [0.4, 0.5) is 0 Å². The molecule has 1 unspecified atom stereocenters. The number of carbonyl (C=O) groups is 2. The molecule has 16 heavy (non-hydrogen) atoms. The van der Waals surface area contributed by atoms with E-state index in [9.17, 15) is 9.59 Å². The Bertz CT molecular complexity index is 250. The second-order valence-corrected chi connectivity index (χ2v) is 3.89. The van der Waals surface area contributed by atoms with E-state index in [1.807, 2.05) is 0 Å². The van der Waals surface area contributed by atoms with Crippen molar-refractivity contribution in [3.05, 3.63) is 0 Å². The van der Waals surface area contributed by atoms with Crippen LogP contribution in [-0.2, 0) is 14.3 Å². The molecule has 0 spiro atoms. The van der Waals surface area contributed by atoms with Crippen LogP contribution in [0, 0.1) is 0 Å². The van der Waals surface area contributed by atoms with Gasteiger partial charge in [0.15, 0.2) is 0 Å². The Morgan fingerprint density at radius 3 is 2.81 bits per heavy atom. The van der Waals surface area contributed by atoms with E-state index >= 15 is 0 Å². The summed E-state index contributed by atoms with van der Waals surface area (Å²) in [6.45, 7) is 2.22. The minimum Gasteiger partial charge on any atom is -0.366 e. The Labute approximate surface area is 95.3 Å². The van der Waals surface area contributed by atoms with Gasteiger partial charge < -0.3 is 20.3 Å². The van der Waals surface area contributed by atoms with Crippen molar-refractivity contribution < 1.29 is 14.3 Å². The summed E-state index contributed by atoms with van der Waals surface area (Å²) in [5.74, 6) is -0.151. The number of nitrogens with zero attached hydrogens (tertiary/aromatic N) is 1. The second-order valence-electron chi connectivity index (χ2n) is 3.89. The van der Waals surface area contributed by atoms with E-state index in [4.69, 9.17) is 4.74 Å². The fourth-order valence-electron chi connectivity index (χ4n) is 1.36.